The molecule has 1 heterocycles. The summed E-state index contributed by atoms with van der Waals surface area (Å²) in [4.78, 5) is 110. The lowest BCUT2D eigenvalue weighted by molar-refractivity contribution is -0.193. The molecule has 8 rings (SSSR count). The van der Waals surface area contributed by atoms with E-state index in [0.29, 0.717) is 64.8 Å². The lowest BCUT2D eigenvalue weighted by Crippen LogP contribution is -2.54. The van der Waals surface area contributed by atoms with Crippen LogP contribution in [0.1, 0.15) is 132 Å². The molecule has 1 aliphatic heterocycles. The maximum atomic E-state index is 12.2. The lowest BCUT2D eigenvalue weighted by atomic mass is 9.86. The van der Waals surface area contributed by atoms with Crippen molar-refractivity contribution in [1.82, 2.24) is 21.2 Å². The molecule has 7 aromatic carbocycles. The van der Waals surface area contributed by atoms with Crippen LogP contribution in [-0.2, 0) is 112 Å². The summed E-state index contributed by atoms with van der Waals surface area (Å²) in [6.07, 6.45) is 11.7. The van der Waals surface area contributed by atoms with Crippen molar-refractivity contribution >= 4 is 77.1 Å². The second kappa shape index (κ2) is 70.3. The number of aliphatic carboxylic acids is 1. The fraction of sp³-hybridized carbons (Fsp3) is 0.414. The van der Waals surface area contributed by atoms with Gasteiger partial charge in [-0.05, 0) is 156 Å². The first-order valence-electron chi connectivity index (χ1n) is 38.1. The van der Waals surface area contributed by atoms with Crippen molar-refractivity contribution in [2.24, 2.45) is 17.2 Å². The number of carbonyl (C=O) groups is 7. The Morgan fingerprint density at radius 1 is 0.557 bits per heavy atom. The number of aliphatic hydroxyl groups excluding tert-OH is 2. The second-order valence-electron chi connectivity index (χ2n) is 25.6. The van der Waals surface area contributed by atoms with Crippen LogP contribution in [0.3, 0.4) is 0 Å². The van der Waals surface area contributed by atoms with Gasteiger partial charge in [-0.15, -0.1) is 0 Å². The Bertz CT molecular complexity index is 3680. The Kier molecular flexibility index (Phi) is 65.2. The largest absolute Gasteiger partial charge is 0.480 e. The molecule has 0 radical (unpaired) electrons. The summed E-state index contributed by atoms with van der Waals surface area (Å²) >= 11 is 3.39. The maximum Gasteiger partial charge on any atom is 0.407 e. The van der Waals surface area contributed by atoms with Crippen LogP contribution in [-0.4, -0.2) is 169 Å². The van der Waals surface area contributed by atoms with Crippen LogP contribution in [0, 0.1) is 0 Å². The minimum absolute atomic E-state index is 0.0368. The molecular formula is C87H121BBrN7O19. The standard InChI is InChI=1S/C16H23NO3.C11H18BNO2.C11H13NO2.C11H15NO2.C10H13NO2.C10H15NO.C8H9Br.C8H15NO3.2CO2/c1-4-16(17-13(3)18,15(19)20-5-2)12-11-14-9-7-6-8-10-14;1-12(15)13-11(9-14)8-7-10-5-3-2-4-6-10;13-11-12-10(8-14-11)7-6-9-4-2-1-3-5-9;1-14-11(13)10(12)8-7-9-5-3-2-4-6-9;11-9(10(12)13)7-6-8-4-2-1-3-5-8;11-10(8-12)7-6-9-4-2-1-3-5-9;9-7-6-8-4-2-1-3-5-8;1-4-7(9-6(3)10)8(11)12-5-2;2*2-1-3/h6-10H,4-5,11-12H2,1-3H3,(H,17,18);2-6,11,13-15H,7-9H2,1H3;1-5,10H,6-8H2,(H,12,13);2-6,10H,7-8,12H2,1H3;1-5,9H,6-7,11H2,(H,12,13);1-5,10,12H,6-8,11H2;1-5H,6-7H2;7H,4-5H2,1-3H3,(H,9,10);;. The smallest absolute Gasteiger partial charge is 0.407 e. The average Bonchev–Trinajstić information content (AvgIpc) is 0.964. The highest BCUT2D eigenvalue weighted by molar-refractivity contribution is 9.09. The monoisotopic (exact) mass is 1660 g/mol. The number of carbonyl (C=O) groups excluding carboxylic acids is 10. The van der Waals surface area contributed by atoms with Gasteiger partial charge in [-0.1, -0.05) is 242 Å². The Morgan fingerprint density at radius 2 is 0.930 bits per heavy atom. The number of aryl methyl sites for hydroxylation is 7. The van der Waals surface area contributed by atoms with Gasteiger partial charge in [-0.25, -0.2) is 14.4 Å². The van der Waals surface area contributed by atoms with E-state index < -0.39 is 36.7 Å². The molecule has 7 unspecified atom stereocenters. The van der Waals surface area contributed by atoms with Crippen LogP contribution in [0.4, 0.5) is 4.79 Å². The number of carboxylic acids is 1. The number of aliphatic hydroxyl groups is 2. The van der Waals surface area contributed by atoms with Crippen molar-refractivity contribution in [3.63, 3.8) is 0 Å². The first-order valence-corrected chi connectivity index (χ1v) is 39.2. The summed E-state index contributed by atoms with van der Waals surface area (Å²) in [6.45, 7) is 13.0. The number of alkyl halides is 1. The number of nitrogens with two attached hydrogens (primary N) is 3. The molecule has 115 heavy (non-hydrogen) atoms. The summed E-state index contributed by atoms with van der Waals surface area (Å²) in [5.74, 6) is -2.43. The molecular weight excluding hydrogens is 1540 g/mol. The van der Waals surface area contributed by atoms with Crippen molar-refractivity contribution in [2.75, 3.05) is 45.5 Å². The van der Waals surface area contributed by atoms with E-state index in [-0.39, 0.29) is 79.5 Å². The van der Waals surface area contributed by atoms with Gasteiger partial charge in [0.15, 0.2) is 0 Å². The molecule has 7 atom stereocenters. The maximum absolute atomic E-state index is 12.2. The number of cyclic esters (lactones) is 1. The van der Waals surface area contributed by atoms with Crippen LogP contribution in [0.25, 0.3) is 0 Å². The third kappa shape index (κ3) is 57.4. The van der Waals surface area contributed by atoms with E-state index in [4.69, 9.17) is 70.9 Å². The summed E-state index contributed by atoms with van der Waals surface area (Å²) in [5.41, 5.74) is 24.3. The molecule has 14 N–H and O–H groups in total. The molecule has 0 saturated carbocycles. The molecule has 0 aliphatic carbocycles. The number of esters is 3. The fourth-order valence-electron chi connectivity index (χ4n) is 10.3. The van der Waals surface area contributed by atoms with Crippen molar-refractivity contribution in [1.29, 1.82) is 0 Å². The highest BCUT2D eigenvalue weighted by atomic mass is 79.9. The molecule has 1 fully saturated rings. The Morgan fingerprint density at radius 3 is 1.24 bits per heavy atom. The number of alkyl carbamates (subject to hydrolysis) is 1. The number of carboxylic acid groups (broad SMARTS) is 1. The predicted molar refractivity (Wildman–Crippen MR) is 447 cm³/mol. The molecule has 628 valence electrons. The molecule has 3 amide bonds. The van der Waals surface area contributed by atoms with Gasteiger partial charge < -0.3 is 77.7 Å². The van der Waals surface area contributed by atoms with Crippen LogP contribution >= 0.6 is 15.9 Å². The van der Waals surface area contributed by atoms with Gasteiger partial charge in [-0.2, -0.15) is 19.2 Å². The Balaban J connectivity index is 0. The van der Waals surface area contributed by atoms with E-state index in [1.165, 1.54) is 48.8 Å². The zero-order valence-electron chi connectivity index (χ0n) is 67.6. The summed E-state index contributed by atoms with van der Waals surface area (Å²) in [6, 6.07) is 68.9. The number of rotatable bonds is 34. The third-order valence-corrected chi connectivity index (χ3v) is 16.9. The second-order valence-corrected chi connectivity index (χ2v) is 26.4. The molecule has 7 aromatic rings. The molecule has 1 aliphatic rings. The van der Waals surface area contributed by atoms with Crippen molar-refractivity contribution in [2.45, 2.75) is 186 Å². The third-order valence-electron chi connectivity index (χ3n) is 16.5. The average molecular weight is 1660 g/mol. The van der Waals surface area contributed by atoms with Crippen LogP contribution < -0.4 is 38.4 Å². The summed E-state index contributed by atoms with van der Waals surface area (Å²) < 4.78 is 19.2. The SMILES string of the molecule is BrCCc1ccccc1.CB(O)NC(CO)CCc1ccccc1.CCOC(=O)C(CC)(CCc1ccccc1)NC(C)=O.CCOC(=O)C(CC)NC(C)=O.COC(=O)C(N)CCc1ccccc1.NC(CCc1ccccc1)C(=O)O.NC(CO)CCc1ccccc1.O=C1NC(CCc2ccccc2)CO1.O=C=O.O=C=O. The van der Waals surface area contributed by atoms with Gasteiger partial charge in [0.2, 0.25) is 11.8 Å². The minimum atomic E-state index is -0.934. The van der Waals surface area contributed by atoms with Crippen LogP contribution in [0.15, 0.2) is 212 Å². The normalized spacial score (nSPS) is 12.8. The molecule has 26 nitrogen and oxygen atoms in total. The molecule has 28 heteroatoms. The minimum Gasteiger partial charge on any atom is -0.480 e. The zero-order valence-corrected chi connectivity index (χ0v) is 69.2. The number of ether oxygens (including phenoxy) is 4. The van der Waals surface area contributed by atoms with E-state index in [1.54, 1.807) is 20.7 Å². The lowest BCUT2D eigenvalue weighted by Gasteiger charge is -2.31. The van der Waals surface area contributed by atoms with E-state index in [1.807, 2.05) is 166 Å². The number of halogens is 1. The number of hydrogen-bond acceptors (Lipinski definition) is 22. The fourth-order valence-corrected chi connectivity index (χ4v) is 10.8. The number of amides is 3. The van der Waals surface area contributed by atoms with E-state index >= 15 is 0 Å². The highest BCUT2D eigenvalue weighted by Gasteiger charge is 2.38. The van der Waals surface area contributed by atoms with Gasteiger partial charge in [0, 0.05) is 31.3 Å². The van der Waals surface area contributed by atoms with Crippen molar-refractivity contribution < 1.29 is 92.0 Å². The molecule has 0 spiro atoms. The molecule has 1 saturated heterocycles. The van der Waals surface area contributed by atoms with Crippen LogP contribution in [0.5, 0.6) is 0 Å². The summed E-state index contributed by atoms with van der Waals surface area (Å²) in [7, 11) is 0.781. The molecule has 0 aromatic heterocycles. The Labute approximate surface area is 687 Å². The first kappa shape index (κ1) is 107. The highest BCUT2D eigenvalue weighted by Crippen LogP contribution is 2.21. The first-order chi connectivity index (χ1) is 55.2. The quantitative estimate of drug-likeness (QED) is 0.00773. The van der Waals surface area contributed by atoms with E-state index in [2.05, 4.69) is 103 Å². The van der Waals surface area contributed by atoms with Gasteiger partial charge in [-0.3, -0.25) is 19.2 Å². The number of hydrogen-bond donors (Lipinski definition) is 11. The number of benzene rings is 7. The van der Waals surface area contributed by atoms with Gasteiger partial charge in [0.1, 0.15) is 30.3 Å². The van der Waals surface area contributed by atoms with E-state index in [0.717, 1.165) is 67.8 Å². The summed E-state index contributed by atoms with van der Waals surface area (Å²) in [5, 5.41) is 47.4. The Hall–Kier alpha value is -10.3. The van der Waals surface area contributed by atoms with Crippen molar-refractivity contribution in [3.05, 3.63) is 251 Å². The molecule has 0 bridgehead atoms. The van der Waals surface area contributed by atoms with Gasteiger partial charge in [0.25, 0.3) is 0 Å². The van der Waals surface area contributed by atoms with Crippen LogP contribution in [0.2, 0.25) is 6.82 Å². The van der Waals surface area contributed by atoms with Gasteiger partial charge >= 0.3 is 49.3 Å². The van der Waals surface area contributed by atoms with E-state index in [9.17, 15) is 33.6 Å². The zero-order chi connectivity index (χ0) is 86.3. The topological polar surface area (TPSA) is 432 Å². The van der Waals surface area contributed by atoms with Gasteiger partial charge in [0.05, 0.1) is 39.6 Å². The number of methoxy groups -OCH3 is 1. The predicted octanol–water partition coefficient (Wildman–Crippen LogP) is 9.89. The van der Waals surface area contributed by atoms with Crippen molar-refractivity contribution in [3.8, 4) is 0 Å². The number of nitrogens with one attached hydrogen (secondary N) is 4.